The summed E-state index contributed by atoms with van der Waals surface area (Å²) in [6.45, 7) is 4.04. The van der Waals surface area contributed by atoms with Crippen LogP contribution in [0.5, 0.6) is 11.5 Å². The number of thiophene rings is 2. The Morgan fingerprint density at radius 2 is 1.80 bits per heavy atom. The number of likely N-dealkylation sites (tertiary alicyclic amines) is 1. The summed E-state index contributed by atoms with van der Waals surface area (Å²) < 4.78 is 11.8. The summed E-state index contributed by atoms with van der Waals surface area (Å²) in [6, 6.07) is 19.0. The summed E-state index contributed by atoms with van der Waals surface area (Å²) in [5, 5.41) is 40.2. The van der Waals surface area contributed by atoms with Crippen molar-refractivity contribution in [2.24, 2.45) is 5.41 Å². The lowest BCUT2D eigenvalue weighted by Crippen LogP contribution is -2.52. The number of nitrogens with zero attached hydrogens (tertiary/aromatic N) is 2. The predicted molar refractivity (Wildman–Crippen MR) is 210 cm³/mol. The van der Waals surface area contributed by atoms with Crippen molar-refractivity contribution < 1.29 is 34.4 Å². The Hall–Kier alpha value is -4.79. The number of aromatic hydroxyl groups is 1. The molecule has 14 heteroatoms. The van der Waals surface area contributed by atoms with Crippen LogP contribution < -0.4 is 20.5 Å². The second-order valence-electron chi connectivity index (χ2n) is 14.7. The molecule has 0 bridgehead atoms. The molecule has 5 heterocycles. The van der Waals surface area contributed by atoms with Crippen molar-refractivity contribution in [1.29, 1.82) is 0 Å². The summed E-state index contributed by atoms with van der Waals surface area (Å²) in [4.78, 5) is 45.1. The van der Waals surface area contributed by atoms with E-state index >= 15 is 0 Å². The molecule has 0 amide bonds. The van der Waals surface area contributed by atoms with Crippen LogP contribution >= 0.6 is 22.7 Å². The highest BCUT2D eigenvalue weighted by molar-refractivity contribution is 7.12. The van der Waals surface area contributed by atoms with E-state index in [9.17, 15) is 29.7 Å². The van der Waals surface area contributed by atoms with E-state index in [1.54, 1.807) is 24.3 Å². The second kappa shape index (κ2) is 15.4. The van der Waals surface area contributed by atoms with Crippen molar-refractivity contribution in [2.45, 2.75) is 56.5 Å². The second-order valence-corrected chi connectivity index (χ2v) is 16.6. The number of hydrogen-bond donors (Lipinski definition) is 5. The molecule has 2 fully saturated rings. The maximum atomic E-state index is 13.4. The zero-order chi connectivity index (χ0) is 38.2. The number of carbonyl (C=O) groups is 1. The monoisotopic (exact) mass is 782 g/mol. The molecule has 5 aromatic rings. The molecule has 2 aromatic carbocycles. The van der Waals surface area contributed by atoms with Gasteiger partial charge in [-0.3, -0.25) is 9.69 Å². The van der Waals surface area contributed by atoms with Crippen molar-refractivity contribution in [1.82, 2.24) is 15.2 Å². The van der Waals surface area contributed by atoms with Crippen LogP contribution in [0.25, 0.3) is 10.9 Å². The minimum atomic E-state index is -1.78. The molecule has 3 aliphatic rings. The number of rotatable bonds is 13. The highest BCUT2D eigenvalue weighted by atomic mass is 32.1. The number of aliphatic hydroxyl groups is 2. The van der Waals surface area contributed by atoms with Gasteiger partial charge in [-0.25, -0.2) is 9.59 Å². The number of H-pyrrole nitrogens is 1. The first-order valence-corrected chi connectivity index (χ1v) is 20.2. The molecule has 1 aliphatic carbocycles. The number of fused-ring (bicyclic) bond motifs is 2. The van der Waals surface area contributed by atoms with Crippen molar-refractivity contribution in [2.75, 3.05) is 37.6 Å². The van der Waals surface area contributed by atoms with Crippen LogP contribution in [0.15, 0.2) is 88.2 Å². The Morgan fingerprint density at radius 1 is 1.05 bits per heavy atom. The summed E-state index contributed by atoms with van der Waals surface area (Å²) in [7, 11) is 0. The molecular weight excluding hydrogens is 741 g/mol. The summed E-state index contributed by atoms with van der Waals surface area (Å²) in [5.41, 5.74) is 0.628. The Balaban J connectivity index is 0.791. The maximum absolute atomic E-state index is 13.4. The molecule has 286 valence electrons. The number of aromatic nitrogens is 1. The third kappa shape index (κ3) is 7.34. The number of anilines is 1. The molecule has 8 rings (SSSR count). The number of hydrogen-bond acceptors (Lipinski definition) is 13. The summed E-state index contributed by atoms with van der Waals surface area (Å²) >= 11 is 2.69. The number of phenols is 1. The molecule has 1 atom stereocenters. The molecular formula is C41H42N4O8S2. The number of nitrogens with one attached hydrogen (secondary N) is 2. The topological polar surface area (TPSA) is 165 Å². The van der Waals surface area contributed by atoms with Crippen LogP contribution in [0.3, 0.4) is 0 Å². The number of esters is 1. The highest BCUT2D eigenvalue weighted by Crippen LogP contribution is 2.51. The van der Waals surface area contributed by atoms with Gasteiger partial charge in [-0.2, -0.15) is 0 Å². The number of pyridine rings is 1. The molecule has 1 spiro atoms. The van der Waals surface area contributed by atoms with Crippen LogP contribution in [0, 0.1) is 5.41 Å². The largest absolute Gasteiger partial charge is 0.506 e. The molecule has 12 nitrogen and oxygen atoms in total. The molecule has 2 aliphatic heterocycles. The minimum Gasteiger partial charge on any atom is -0.506 e. The zero-order valence-electron chi connectivity index (χ0n) is 30.0. The van der Waals surface area contributed by atoms with Gasteiger partial charge in [0.25, 0.3) is 5.88 Å². The van der Waals surface area contributed by atoms with Crippen molar-refractivity contribution in [3.63, 3.8) is 0 Å². The van der Waals surface area contributed by atoms with Crippen molar-refractivity contribution in [3.05, 3.63) is 115 Å². The average molecular weight is 783 g/mol. The third-order valence-electron chi connectivity index (χ3n) is 11.2. The number of piperidine rings is 1. The molecule has 5 N–H and O–H groups in total. The molecule has 1 saturated heterocycles. The Labute approximate surface area is 325 Å². The van der Waals surface area contributed by atoms with Crippen LogP contribution in [0.1, 0.15) is 59.1 Å². The normalized spacial score (nSPS) is 17.5. The fourth-order valence-corrected chi connectivity index (χ4v) is 9.90. The fraction of sp³-hybridized carbons (Fsp3) is 0.366. The smallest absolute Gasteiger partial charge is 0.349 e. The predicted octanol–water partition coefficient (Wildman–Crippen LogP) is 5.17. The van der Waals surface area contributed by atoms with Gasteiger partial charge in [0.05, 0.1) is 27.1 Å². The molecule has 0 radical (unpaired) electrons. The fourth-order valence-electron chi connectivity index (χ4n) is 8.18. The molecule has 3 aromatic heterocycles. The van der Waals surface area contributed by atoms with Gasteiger partial charge in [-0.1, -0.05) is 24.3 Å². The van der Waals surface area contributed by atoms with E-state index in [1.165, 1.54) is 34.8 Å². The van der Waals surface area contributed by atoms with Crippen LogP contribution in [-0.2, 0) is 26.5 Å². The first kappa shape index (κ1) is 37.1. The molecule has 0 unspecified atom stereocenters. The number of aliphatic hydroxyl groups excluding tert-OH is 1. The number of phenolic OH excluding ortho intramolecular Hbond substituents is 1. The first-order chi connectivity index (χ1) is 26.7. The van der Waals surface area contributed by atoms with Gasteiger partial charge in [-0.15, -0.1) is 22.7 Å². The molecule has 1 saturated carbocycles. The lowest BCUT2D eigenvalue weighted by molar-refractivity contribution is -0.181. The van der Waals surface area contributed by atoms with Gasteiger partial charge in [0.15, 0.2) is 11.7 Å². The van der Waals surface area contributed by atoms with E-state index in [0.29, 0.717) is 39.5 Å². The van der Waals surface area contributed by atoms with E-state index in [1.807, 2.05) is 51.9 Å². The number of carbonyl (C=O) groups excluding carboxylic acids is 2. The zero-order valence-corrected chi connectivity index (χ0v) is 31.7. The Morgan fingerprint density at radius 3 is 2.49 bits per heavy atom. The molecule has 55 heavy (non-hydrogen) atoms. The summed E-state index contributed by atoms with van der Waals surface area (Å²) in [5.74, 6) is 2.01. The van der Waals surface area contributed by atoms with Gasteiger partial charge in [-0.05, 0) is 115 Å². The highest BCUT2D eigenvalue weighted by Gasteiger charge is 2.51. The van der Waals surface area contributed by atoms with E-state index in [-0.39, 0.29) is 40.8 Å². The van der Waals surface area contributed by atoms with E-state index in [4.69, 9.17) is 9.47 Å². The number of benzene rings is 2. The van der Waals surface area contributed by atoms with Crippen LogP contribution in [0.4, 0.5) is 5.69 Å². The van der Waals surface area contributed by atoms with Crippen LogP contribution in [-0.4, -0.2) is 75.9 Å². The number of ether oxygens (including phenoxy) is 2. The lowest BCUT2D eigenvalue weighted by atomic mass is 9.61. The van der Waals surface area contributed by atoms with Crippen molar-refractivity contribution >= 4 is 51.2 Å². The standard InChI is InChI=1S/C41H42N4O8S2/c46-25-37-45(30-9-6-26(20-33(30)53-37)23-42-24-32(48)28-7-10-31(47)38-29(28)8-11-36(49)43-38)15-3-14-44-16-12-40(13-17-44)21-27(22-40)52-39(50)41(51,34-4-1-18-54-34)35-5-2-19-55-35/h1-2,4-11,18-20,27,32,42,47-48,51H,3,12-17,21-24H2,(H,43,49)/t32-/m0/s1. The van der Waals surface area contributed by atoms with Gasteiger partial charge < -0.3 is 40.0 Å². The van der Waals surface area contributed by atoms with E-state index in [2.05, 4.69) is 15.2 Å². The third-order valence-corrected chi connectivity index (χ3v) is 13.2. The minimum absolute atomic E-state index is 0.0613. The van der Waals surface area contributed by atoms with Crippen LogP contribution in [0.2, 0.25) is 0 Å². The average Bonchev–Trinajstić information content (AvgIpc) is 3.98. The van der Waals surface area contributed by atoms with Gasteiger partial charge in [0, 0.05) is 31.1 Å². The van der Waals surface area contributed by atoms with Gasteiger partial charge >= 0.3 is 5.97 Å². The SMILES string of the molecule is O=C=C1Oc2cc(CNC[C@H](O)c3ccc(O)c4[nH]c(=O)ccc34)ccc2N1CCCN1CCC2(CC1)CC(OC(=O)C(O)(c1cccs1)c1cccs1)C2. The Bertz CT molecular complexity index is 2230. The van der Waals surface area contributed by atoms with Crippen molar-refractivity contribution in [3.8, 4) is 11.5 Å². The quantitative estimate of drug-likeness (QED) is 0.0792. The lowest BCUT2D eigenvalue weighted by Gasteiger charge is -2.51. The van der Waals surface area contributed by atoms with Gasteiger partial charge in [0.1, 0.15) is 11.9 Å². The van der Waals surface area contributed by atoms with Gasteiger partial charge in [0.2, 0.25) is 11.2 Å². The van der Waals surface area contributed by atoms with E-state index < -0.39 is 17.7 Å². The first-order valence-electron chi connectivity index (χ1n) is 18.5. The Kier molecular flexibility index (Phi) is 10.4. The summed E-state index contributed by atoms with van der Waals surface area (Å²) in [6.07, 6.45) is 3.41. The van der Waals surface area contributed by atoms with E-state index in [0.717, 1.165) is 63.0 Å². The number of aromatic amines is 1. The maximum Gasteiger partial charge on any atom is 0.349 e.